The van der Waals surface area contributed by atoms with E-state index < -0.39 is 0 Å². The molecule has 1 fully saturated rings. The van der Waals surface area contributed by atoms with Gasteiger partial charge in [0, 0.05) is 24.3 Å². The molecule has 0 radical (unpaired) electrons. The average Bonchev–Trinajstić information content (AvgIpc) is 2.29. The first kappa shape index (κ1) is 11.2. The van der Waals surface area contributed by atoms with E-state index in [1.165, 1.54) is 25.9 Å². The van der Waals surface area contributed by atoms with Crippen molar-refractivity contribution in [3.8, 4) is 11.8 Å². The van der Waals surface area contributed by atoms with Crippen molar-refractivity contribution in [3.05, 3.63) is 35.9 Å². The summed E-state index contributed by atoms with van der Waals surface area (Å²) in [6, 6.07) is 10.3. The predicted octanol–water partition coefficient (Wildman–Crippen LogP) is 2.52. The number of piperidine rings is 1. The van der Waals surface area contributed by atoms with Crippen molar-refractivity contribution < 1.29 is 4.48 Å². The van der Waals surface area contributed by atoms with Crippen molar-refractivity contribution in [2.24, 2.45) is 5.92 Å². The molecule has 1 aromatic rings. The molecule has 1 aliphatic rings. The number of hydrogen-bond donors (Lipinski definition) is 0. The van der Waals surface area contributed by atoms with Gasteiger partial charge in [-0.15, -0.1) is 0 Å². The lowest BCUT2D eigenvalue weighted by atomic mass is 9.96. The van der Waals surface area contributed by atoms with Gasteiger partial charge >= 0.3 is 0 Å². The molecule has 1 heterocycles. The van der Waals surface area contributed by atoms with Gasteiger partial charge in [0.05, 0.1) is 27.2 Å². The average molecular weight is 214 g/mol. The van der Waals surface area contributed by atoms with Crippen LogP contribution in [0, 0.1) is 17.8 Å². The molecule has 0 saturated carbocycles. The number of nitrogens with zero attached hydrogens (tertiary/aromatic N) is 1. The van der Waals surface area contributed by atoms with E-state index in [1.54, 1.807) is 0 Å². The number of rotatable bonds is 0. The molecule has 1 heteroatoms. The zero-order valence-corrected chi connectivity index (χ0v) is 10.2. The SMILES string of the molecule is C[N+]1(C)CCC(C#Cc2ccccc2)CC1. The van der Waals surface area contributed by atoms with Crippen molar-refractivity contribution >= 4 is 0 Å². The minimum atomic E-state index is 0.603. The summed E-state index contributed by atoms with van der Waals surface area (Å²) in [7, 11) is 4.61. The summed E-state index contributed by atoms with van der Waals surface area (Å²) < 4.78 is 1.16. The van der Waals surface area contributed by atoms with Gasteiger partial charge in [0.15, 0.2) is 0 Å². The normalized spacial score (nSPS) is 19.9. The van der Waals surface area contributed by atoms with Crippen LogP contribution < -0.4 is 0 Å². The lowest BCUT2D eigenvalue weighted by Crippen LogP contribution is -2.45. The van der Waals surface area contributed by atoms with Crippen molar-refractivity contribution in [2.75, 3.05) is 27.2 Å². The van der Waals surface area contributed by atoms with Crippen LogP contribution in [0.5, 0.6) is 0 Å². The molecule has 16 heavy (non-hydrogen) atoms. The topological polar surface area (TPSA) is 0 Å². The lowest BCUT2D eigenvalue weighted by molar-refractivity contribution is -0.895. The van der Waals surface area contributed by atoms with Crippen molar-refractivity contribution in [2.45, 2.75) is 12.8 Å². The maximum atomic E-state index is 3.42. The summed E-state index contributed by atoms with van der Waals surface area (Å²) in [5.74, 6) is 7.30. The Morgan fingerprint density at radius 1 is 1.06 bits per heavy atom. The second-order valence-corrected chi connectivity index (χ2v) is 5.29. The third-order valence-electron chi connectivity index (χ3n) is 3.36. The van der Waals surface area contributed by atoms with E-state index in [1.807, 2.05) is 18.2 Å². The van der Waals surface area contributed by atoms with Crippen LogP contribution in [0.4, 0.5) is 0 Å². The summed E-state index contributed by atoms with van der Waals surface area (Å²) in [4.78, 5) is 0. The summed E-state index contributed by atoms with van der Waals surface area (Å²) in [5, 5.41) is 0. The van der Waals surface area contributed by atoms with Crippen LogP contribution in [0.3, 0.4) is 0 Å². The molecule has 0 amide bonds. The Morgan fingerprint density at radius 2 is 1.69 bits per heavy atom. The van der Waals surface area contributed by atoms with Crippen LogP contribution in [0.15, 0.2) is 30.3 Å². The first-order chi connectivity index (χ1) is 7.66. The second kappa shape index (κ2) is 4.72. The maximum Gasteiger partial charge on any atom is 0.0794 e. The van der Waals surface area contributed by atoms with Gasteiger partial charge in [-0.1, -0.05) is 30.0 Å². The molecule has 1 nitrogen and oxygen atoms in total. The Morgan fingerprint density at radius 3 is 2.31 bits per heavy atom. The molecule has 2 rings (SSSR count). The molecular formula is C15H20N+. The van der Waals surface area contributed by atoms with Gasteiger partial charge < -0.3 is 4.48 Å². The van der Waals surface area contributed by atoms with E-state index in [2.05, 4.69) is 38.1 Å². The lowest BCUT2D eigenvalue weighted by Gasteiger charge is -2.35. The van der Waals surface area contributed by atoms with Gasteiger partial charge in [-0.05, 0) is 12.1 Å². The Bertz CT molecular complexity index is 384. The number of benzene rings is 1. The summed E-state index contributed by atoms with van der Waals surface area (Å²) in [5.41, 5.74) is 1.14. The van der Waals surface area contributed by atoms with Crippen LogP contribution >= 0.6 is 0 Å². The van der Waals surface area contributed by atoms with Crippen molar-refractivity contribution in [1.82, 2.24) is 0 Å². The molecule has 0 unspecified atom stereocenters. The number of hydrogen-bond acceptors (Lipinski definition) is 0. The predicted molar refractivity (Wildman–Crippen MR) is 67.9 cm³/mol. The molecule has 0 aliphatic carbocycles. The minimum Gasteiger partial charge on any atom is -0.328 e. The molecule has 0 aromatic heterocycles. The van der Waals surface area contributed by atoms with Crippen molar-refractivity contribution in [1.29, 1.82) is 0 Å². The van der Waals surface area contributed by atoms with Crippen LogP contribution in [0.1, 0.15) is 18.4 Å². The van der Waals surface area contributed by atoms with Crippen molar-refractivity contribution in [3.63, 3.8) is 0 Å². The van der Waals surface area contributed by atoms with Gasteiger partial charge in [0.25, 0.3) is 0 Å². The van der Waals surface area contributed by atoms with E-state index >= 15 is 0 Å². The highest BCUT2D eigenvalue weighted by atomic mass is 15.3. The van der Waals surface area contributed by atoms with E-state index in [0.717, 1.165) is 10.0 Å². The maximum absolute atomic E-state index is 3.42. The summed E-state index contributed by atoms with van der Waals surface area (Å²) in [6.45, 7) is 2.52. The third-order valence-corrected chi connectivity index (χ3v) is 3.36. The Kier molecular flexibility index (Phi) is 3.31. The largest absolute Gasteiger partial charge is 0.328 e. The Balaban J connectivity index is 1.95. The third kappa shape index (κ3) is 3.12. The molecule has 0 N–H and O–H groups in total. The van der Waals surface area contributed by atoms with E-state index in [4.69, 9.17) is 0 Å². The highest BCUT2D eigenvalue weighted by Crippen LogP contribution is 2.19. The Hall–Kier alpha value is -1.26. The van der Waals surface area contributed by atoms with Gasteiger partial charge in [-0.3, -0.25) is 0 Å². The van der Waals surface area contributed by atoms with Crippen LogP contribution in [-0.2, 0) is 0 Å². The van der Waals surface area contributed by atoms with Gasteiger partial charge in [0.2, 0.25) is 0 Å². The summed E-state index contributed by atoms with van der Waals surface area (Å²) >= 11 is 0. The zero-order valence-electron chi connectivity index (χ0n) is 10.2. The molecule has 0 atom stereocenters. The number of likely N-dealkylation sites (tertiary alicyclic amines) is 1. The summed E-state index contributed by atoms with van der Waals surface area (Å²) in [6.07, 6.45) is 2.49. The first-order valence-electron chi connectivity index (χ1n) is 6.04. The fraction of sp³-hybridized carbons (Fsp3) is 0.467. The smallest absolute Gasteiger partial charge is 0.0794 e. The zero-order chi connectivity index (χ0) is 11.4. The quantitative estimate of drug-likeness (QED) is 0.460. The van der Waals surface area contributed by atoms with Gasteiger partial charge in [-0.2, -0.15) is 0 Å². The van der Waals surface area contributed by atoms with Gasteiger partial charge in [0.1, 0.15) is 0 Å². The standard InChI is InChI=1S/C15H20N/c1-16(2)12-10-15(11-13-16)9-8-14-6-4-3-5-7-14/h3-7,15H,10-13H2,1-2H3/q+1. The molecule has 1 saturated heterocycles. The first-order valence-corrected chi connectivity index (χ1v) is 6.04. The van der Waals surface area contributed by atoms with Crippen LogP contribution in [0.25, 0.3) is 0 Å². The fourth-order valence-electron chi connectivity index (χ4n) is 2.12. The fourth-order valence-corrected chi connectivity index (χ4v) is 2.12. The molecule has 0 spiro atoms. The monoisotopic (exact) mass is 214 g/mol. The van der Waals surface area contributed by atoms with E-state index in [-0.39, 0.29) is 0 Å². The molecule has 1 aromatic carbocycles. The Labute approximate surface area is 98.7 Å². The number of quaternary nitrogens is 1. The molecule has 0 bridgehead atoms. The molecule has 1 aliphatic heterocycles. The minimum absolute atomic E-state index is 0.603. The highest BCUT2D eigenvalue weighted by Gasteiger charge is 2.24. The highest BCUT2D eigenvalue weighted by molar-refractivity contribution is 5.34. The second-order valence-electron chi connectivity index (χ2n) is 5.29. The van der Waals surface area contributed by atoms with E-state index in [9.17, 15) is 0 Å². The molecular weight excluding hydrogens is 194 g/mol. The van der Waals surface area contributed by atoms with Crippen LogP contribution in [-0.4, -0.2) is 31.7 Å². The molecule has 84 valence electrons. The van der Waals surface area contributed by atoms with Crippen LogP contribution in [0.2, 0.25) is 0 Å². The van der Waals surface area contributed by atoms with E-state index in [0.29, 0.717) is 5.92 Å². The van der Waals surface area contributed by atoms with Gasteiger partial charge in [-0.25, -0.2) is 0 Å².